The standard InChI is InChI=1S/C17H26O2/c1-4-19-15-8-6-14(7-9-15)17(18)11-5-10-16(2,3)12-13-17/h6-9,18H,4-5,10-13H2,1-3H3. The van der Waals surface area contributed by atoms with Crippen LogP contribution in [0.5, 0.6) is 5.75 Å². The van der Waals surface area contributed by atoms with Crippen LogP contribution in [0, 0.1) is 5.41 Å². The molecule has 0 aromatic heterocycles. The first-order chi connectivity index (χ1) is 8.95. The van der Waals surface area contributed by atoms with E-state index in [2.05, 4.69) is 13.8 Å². The molecule has 0 heterocycles. The molecule has 19 heavy (non-hydrogen) atoms. The molecular weight excluding hydrogens is 236 g/mol. The van der Waals surface area contributed by atoms with E-state index >= 15 is 0 Å². The lowest BCUT2D eigenvalue weighted by Crippen LogP contribution is -2.25. The van der Waals surface area contributed by atoms with E-state index in [0.717, 1.165) is 37.0 Å². The van der Waals surface area contributed by atoms with Gasteiger partial charge in [-0.25, -0.2) is 0 Å². The number of rotatable bonds is 3. The molecule has 1 N–H and O–H groups in total. The van der Waals surface area contributed by atoms with Crippen LogP contribution in [0.2, 0.25) is 0 Å². The van der Waals surface area contributed by atoms with Crippen LogP contribution >= 0.6 is 0 Å². The van der Waals surface area contributed by atoms with Crippen molar-refractivity contribution in [1.82, 2.24) is 0 Å². The Morgan fingerprint density at radius 1 is 1.05 bits per heavy atom. The Bertz CT molecular complexity index is 408. The van der Waals surface area contributed by atoms with Gasteiger partial charge in [0, 0.05) is 0 Å². The van der Waals surface area contributed by atoms with Crippen LogP contribution in [0.3, 0.4) is 0 Å². The van der Waals surface area contributed by atoms with Crippen molar-refractivity contribution in [2.24, 2.45) is 5.41 Å². The van der Waals surface area contributed by atoms with E-state index in [1.807, 2.05) is 31.2 Å². The minimum Gasteiger partial charge on any atom is -0.494 e. The molecule has 106 valence electrons. The van der Waals surface area contributed by atoms with Crippen molar-refractivity contribution in [2.45, 2.75) is 58.5 Å². The molecule has 1 aromatic rings. The van der Waals surface area contributed by atoms with Gasteiger partial charge in [-0.1, -0.05) is 26.0 Å². The first-order valence-corrected chi connectivity index (χ1v) is 7.41. The zero-order valence-corrected chi connectivity index (χ0v) is 12.4. The average Bonchev–Trinajstić information content (AvgIpc) is 2.51. The Balaban J connectivity index is 2.14. The van der Waals surface area contributed by atoms with Gasteiger partial charge in [-0.3, -0.25) is 0 Å². The topological polar surface area (TPSA) is 29.5 Å². The van der Waals surface area contributed by atoms with E-state index in [1.165, 1.54) is 6.42 Å². The summed E-state index contributed by atoms with van der Waals surface area (Å²) >= 11 is 0. The lowest BCUT2D eigenvalue weighted by molar-refractivity contribution is 0.0180. The summed E-state index contributed by atoms with van der Waals surface area (Å²) in [5, 5.41) is 10.9. The fraction of sp³-hybridized carbons (Fsp3) is 0.647. The minimum absolute atomic E-state index is 0.357. The van der Waals surface area contributed by atoms with Gasteiger partial charge in [-0.15, -0.1) is 0 Å². The van der Waals surface area contributed by atoms with Gasteiger partial charge in [-0.05, 0) is 62.1 Å². The summed E-state index contributed by atoms with van der Waals surface area (Å²) in [4.78, 5) is 0. The van der Waals surface area contributed by atoms with E-state index in [-0.39, 0.29) is 0 Å². The molecule has 2 heteroatoms. The Hall–Kier alpha value is -1.02. The first-order valence-electron chi connectivity index (χ1n) is 7.41. The highest BCUT2D eigenvalue weighted by Gasteiger charge is 2.35. The second-order valence-electron chi connectivity index (χ2n) is 6.51. The second-order valence-corrected chi connectivity index (χ2v) is 6.51. The largest absolute Gasteiger partial charge is 0.494 e. The third-order valence-corrected chi connectivity index (χ3v) is 4.36. The molecule has 0 spiro atoms. The van der Waals surface area contributed by atoms with Crippen LogP contribution in [-0.2, 0) is 5.60 Å². The molecule has 1 atom stereocenters. The van der Waals surface area contributed by atoms with E-state index in [0.29, 0.717) is 12.0 Å². The zero-order valence-electron chi connectivity index (χ0n) is 12.4. The van der Waals surface area contributed by atoms with Gasteiger partial charge in [-0.2, -0.15) is 0 Å². The molecule has 1 saturated carbocycles. The Morgan fingerprint density at radius 2 is 1.74 bits per heavy atom. The average molecular weight is 262 g/mol. The van der Waals surface area contributed by atoms with Gasteiger partial charge in [0.05, 0.1) is 12.2 Å². The summed E-state index contributed by atoms with van der Waals surface area (Å²) in [5.41, 5.74) is 0.738. The Kier molecular flexibility index (Phi) is 4.19. The fourth-order valence-electron chi connectivity index (χ4n) is 2.97. The molecule has 0 amide bonds. The van der Waals surface area contributed by atoms with Gasteiger partial charge in [0.25, 0.3) is 0 Å². The van der Waals surface area contributed by atoms with Crippen molar-refractivity contribution in [2.75, 3.05) is 6.61 Å². The lowest BCUT2D eigenvalue weighted by Gasteiger charge is -2.28. The smallest absolute Gasteiger partial charge is 0.119 e. The van der Waals surface area contributed by atoms with Gasteiger partial charge < -0.3 is 9.84 Å². The molecule has 0 aliphatic heterocycles. The van der Waals surface area contributed by atoms with Gasteiger partial charge in [0.15, 0.2) is 0 Å². The molecule has 1 aliphatic rings. The molecule has 0 bridgehead atoms. The zero-order chi connectivity index (χ0) is 13.9. The molecule has 1 aliphatic carbocycles. The van der Waals surface area contributed by atoms with Crippen molar-refractivity contribution in [3.8, 4) is 5.75 Å². The van der Waals surface area contributed by atoms with Crippen LogP contribution < -0.4 is 4.74 Å². The third kappa shape index (κ3) is 3.50. The highest BCUT2D eigenvalue weighted by Crippen LogP contribution is 2.42. The molecule has 1 unspecified atom stereocenters. The van der Waals surface area contributed by atoms with Crippen LogP contribution in [0.25, 0.3) is 0 Å². The number of hydrogen-bond donors (Lipinski definition) is 1. The lowest BCUT2D eigenvalue weighted by atomic mass is 9.82. The normalized spacial score (nSPS) is 26.7. The van der Waals surface area contributed by atoms with Crippen molar-refractivity contribution in [1.29, 1.82) is 0 Å². The summed E-state index contributed by atoms with van der Waals surface area (Å²) in [6.07, 6.45) is 5.10. The quantitative estimate of drug-likeness (QED) is 0.825. The Labute approximate surface area is 116 Å². The van der Waals surface area contributed by atoms with Crippen LogP contribution in [-0.4, -0.2) is 11.7 Å². The maximum Gasteiger partial charge on any atom is 0.119 e. The molecule has 2 nitrogen and oxygen atoms in total. The molecule has 1 aromatic carbocycles. The SMILES string of the molecule is CCOc1ccc(C2(O)CCCC(C)(C)CC2)cc1. The van der Waals surface area contributed by atoms with Crippen molar-refractivity contribution in [3.63, 3.8) is 0 Å². The molecule has 2 rings (SSSR count). The van der Waals surface area contributed by atoms with Crippen LogP contribution in [0.15, 0.2) is 24.3 Å². The van der Waals surface area contributed by atoms with E-state index in [1.54, 1.807) is 0 Å². The first kappa shape index (κ1) is 14.4. The number of ether oxygens (including phenoxy) is 1. The van der Waals surface area contributed by atoms with E-state index in [9.17, 15) is 5.11 Å². The maximum atomic E-state index is 10.9. The van der Waals surface area contributed by atoms with Crippen LogP contribution in [0.1, 0.15) is 58.4 Å². The number of benzene rings is 1. The Morgan fingerprint density at radius 3 is 2.37 bits per heavy atom. The predicted molar refractivity (Wildman–Crippen MR) is 78.4 cm³/mol. The monoisotopic (exact) mass is 262 g/mol. The van der Waals surface area contributed by atoms with Crippen LogP contribution in [0.4, 0.5) is 0 Å². The molecule has 0 saturated heterocycles. The van der Waals surface area contributed by atoms with E-state index < -0.39 is 5.60 Å². The van der Waals surface area contributed by atoms with Gasteiger partial charge in [0.1, 0.15) is 5.75 Å². The second kappa shape index (κ2) is 5.54. The number of hydrogen-bond acceptors (Lipinski definition) is 2. The van der Waals surface area contributed by atoms with Crippen molar-refractivity contribution in [3.05, 3.63) is 29.8 Å². The summed E-state index contributed by atoms with van der Waals surface area (Å²) in [6.45, 7) is 7.26. The highest BCUT2D eigenvalue weighted by atomic mass is 16.5. The number of aliphatic hydroxyl groups is 1. The maximum absolute atomic E-state index is 10.9. The molecular formula is C17H26O2. The minimum atomic E-state index is -0.654. The van der Waals surface area contributed by atoms with Crippen molar-refractivity contribution < 1.29 is 9.84 Å². The summed E-state index contributed by atoms with van der Waals surface area (Å²) in [5.74, 6) is 0.879. The fourth-order valence-corrected chi connectivity index (χ4v) is 2.97. The van der Waals surface area contributed by atoms with Gasteiger partial charge >= 0.3 is 0 Å². The highest BCUT2D eigenvalue weighted by molar-refractivity contribution is 5.31. The predicted octanol–water partition coefficient (Wildman–Crippen LogP) is 4.26. The molecule has 0 radical (unpaired) electrons. The molecule has 1 fully saturated rings. The van der Waals surface area contributed by atoms with Gasteiger partial charge in [0.2, 0.25) is 0 Å². The van der Waals surface area contributed by atoms with E-state index in [4.69, 9.17) is 4.74 Å². The third-order valence-electron chi connectivity index (χ3n) is 4.36. The summed E-state index contributed by atoms with van der Waals surface area (Å²) < 4.78 is 5.46. The summed E-state index contributed by atoms with van der Waals surface area (Å²) in [7, 11) is 0. The van der Waals surface area contributed by atoms with Crippen molar-refractivity contribution >= 4 is 0 Å². The summed E-state index contributed by atoms with van der Waals surface area (Å²) in [6, 6.07) is 7.96.